The van der Waals surface area contributed by atoms with Gasteiger partial charge < -0.3 is 9.72 Å². The first-order valence-electron chi connectivity index (χ1n) is 12.2. The Morgan fingerprint density at radius 1 is 1.06 bits per heavy atom. The van der Waals surface area contributed by atoms with Gasteiger partial charge in [0, 0.05) is 33.2 Å². The lowest BCUT2D eigenvalue weighted by atomic mass is 9.86. The first-order valence-corrected chi connectivity index (χ1v) is 12.6. The number of ketones is 1. The number of hydrogen-bond donors (Lipinski definition) is 2. The molecular formula is C28H30ClN3O3. The van der Waals surface area contributed by atoms with Gasteiger partial charge in [0.25, 0.3) is 5.56 Å². The smallest absolute Gasteiger partial charge is 0.267 e. The van der Waals surface area contributed by atoms with Gasteiger partial charge in [0.2, 0.25) is 0 Å². The Bertz CT molecular complexity index is 1410. The zero-order valence-electron chi connectivity index (χ0n) is 20.1. The number of benzene rings is 2. The van der Waals surface area contributed by atoms with Crippen molar-refractivity contribution in [2.45, 2.75) is 57.4 Å². The third-order valence-corrected chi connectivity index (χ3v) is 7.44. The topological polar surface area (TPSA) is 79.9 Å². The van der Waals surface area contributed by atoms with Gasteiger partial charge in [-0.1, -0.05) is 37.3 Å². The van der Waals surface area contributed by atoms with Gasteiger partial charge in [0.05, 0.1) is 24.8 Å². The van der Waals surface area contributed by atoms with Crippen LogP contribution >= 0.6 is 11.6 Å². The second-order valence-corrected chi connectivity index (χ2v) is 9.88. The summed E-state index contributed by atoms with van der Waals surface area (Å²) >= 11 is 6.09. The molecule has 1 aliphatic rings. The molecule has 0 radical (unpaired) electrons. The molecule has 0 bridgehead atoms. The van der Waals surface area contributed by atoms with Crippen LogP contribution in [0, 0.1) is 6.92 Å². The summed E-state index contributed by atoms with van der Waals surface area (Å²) in [5.41, 5.74) is 3.69. The van der Waals surface area contributed by atoms with Crippen LogP contribution in [0.1, 0.15) is 77.8 Å². The van der Waals surface area contributed by atoms with Crippen LogP contribution in [0.2, 0.25) is 5.02 Å². The van der Waals surface area contributed by atoms with Gasteiger partial charge in [-0.15, -0.1) is 0 Å². The normalized spacial score (nSPS) is 15.7. The molecule has 5 rings (SSSR count). The number of nitrogens with zero attached hydrogens (tertiary/aromatic N) is 1. The summed E-state index contributed by atoms with van der Waals surface area (Å²) in [4.78, 5) is 30.6. The number of ether oxygens (including phenoxy) is 1. The molecule has 0 spiro atoms. The monoisotopic (exact) mass is 491 g/mol. The molecule has 1 saturated carbocycles. The lowest BCUT2D eigenvalue weighted by Gasteiger charge is -2.18. The number of hydrogen-bond acceptors (Lipinski definition) is 3. The molecule has 35 heavy (non-hydrogen) atoms. The fourth-order valence-corrected chi connectivity index (χ4v) is 5.52. The third-order valence-electron chi connectivity index (χ3n) is 7.19. The highest BCUT2D eigenvalue weighted by Gasteiger charge is 2.31. The van der Waals surface area contributed by atoms with E-state index in [1.54, 1.807) is 42.1 Å². The minimum Gasteiger partial charge on any atom is -0.497 e. The highest BCUT2D eigenvalue weighted by Crippen LogP contribution is 2.37. The standard InChI is InChI=1S/C28H30ClN3O3/c1-17-26(22-15-21(35-2)13-14-23(22)30-17)27(28(34)18-9-11-19(29)12-10-18)24-16-25(33)32(31-24)20-7-5-3-4-6-8-20/h9-16,20,27,30-31H,3-8H2,1-2H3. The Balaban J connectivity index is 1.67. The number of carbonyl (C=O) groups excluding carboxylic acids is 1. The van der Waals surface area contributed by atoms with Crippen molar-refractivity contribution in [3.05, 3.63) is 86.4 Å². The molecule has 182 valence electrons. The number of aromatic amines is 2. The second kappa shape index (κ2) is 9.78. The zero-order valence-corrected chi connectivity index (χ0v) is 20.8. The summed E-state index contributed by atoms with van der Waals surface area (Å²) in [5.74, 6) is -0.0699. The fourth-order valence-electron chi connectivity index (χ4n) is 5.40. The van der Waals surface area contributed by atoms with Gasteiger partial charge >= 0.3 is 0 Å². The number of halogens is 1. The third kappa shape index (κ3) is 4.55. The lowest BCUT2D eigenvalue weighted by Crippen LogP contribution is -2.22. The van der Waals surface area contributed by atoms with Crippen LogP contribution < -0.4 is 10.3 Å². The number of carbonyl (C=O) groups is 1. The van der Waals surface area contributed by atoms with Gasteiger partial charge in [-0.2, -0.15) is 0 Å². The van der Waals surface area contributed by atoms with Crippen LogP contribution in [0.5, 0.6) is 5.75 Å². The number of Topliss-reactive ketones (excluding diaryl/α,β-unsaturated/α-hetero) is 1. The van der Waals surface area contributed by atoms with Gasteiger partial charge in [-0.3, -0.25) is 14.7 Å². The maximum Gasteiger partial charge on any atom is 0.267 e. The number of fused-ring (bicyclic) bond motifs is 1. The average molecular weight is 492 g/mol. The summed E-state index contributed by atoms with van der Waals surface area (Å²) in [7, 11) is 1.63. The number of aromatic nitrogens is 3. The summed E-state index contributed by atoms with van der Waals surface area (Å²) < 4.78 is 7.21. The Hall–Kier alpha value is -3.25. The minimum atomic E-state index is -0.684. The second-order valence-electron chi connectivity index (χ2n) is 9.44. The maximum atomic E-state index is 14.0. The fraction of sp³-hybridized carbons (Fsp3) is 0.357. The molecule has 7 heteroatoms. The van der Waals surface area contributed by atoms with Crippen molar-refractivity contribution in [1.82, 2.24) is 14.8 Å². The van der Waals surface area contributed by atoms with E-state index in [0.29, 0.717) is 22.0 Å². The average Bonchev–Trinajstić information content (AvgIpc) is 3.25. The molecule has 1 fully saturated rings. The van der Waals surface area contributed by atoms with Crippen LogP contribution in [0.25, 0.3) is 10.9 Å². The molecule has 0 aliphatic heterocycles. The Morgan fingerprint density at radius 3 is 2.46 bits per heavy atom. The largest absolute Gasteiger partial charge is 0.497 e. The predicted octanol–water partition coefficient (Wildman–Crippen LogP) is 6.54. The van der Waals surface area contributed by atoms with Gasteiger partial charge in [-0.05, 0) is 67.8 Å². The van der Waals surface area contributed by atoms with E-state index < -0.39 is 5.92 Å². The molecule has 4 aromatic rings. The number of nitrogens with one attached hydrogen (secondary N) is 2. The van der Waals surface area contributed by atoms with E-state index in [1.165, 1.54) is 12.8 Å². The van der Waals surface area contributed by atoms with Crippen molar-refractivity contribution in [3.63, 3.8) is 0 Å². The number of aryl methyl sites for hydroxylation is 1. The highest BCUT2D eigenvalue weighted by molar-refractivity contribution is 6.30. The first kappa shape index (κ1) is 23.5. The molecule has 1 aliphatic carbocycles. The molecule has 6 nitrogen and oxygen atoms in total. The van der Waals surface area contributed by atoms with Gasteiger partial charge in [0.15, 0.2) is 5.78 Å². The quantitative estimate of drug-likeness (QED) is 0.237. The van der Waals surface area contributed by atoms with Crippen molar-refractivity contribution in [2.24, 2.45) is 0 Å². The summed E-state index contributed by atoms with van der Waals surface area (Å²) in [5, 5.41) is 4.83. The molecule has 2 N–H and O–H groups in total. The SMILES string of the molecule is COc1ccc2[nH]c(C)c(C(C(=O)c3ccc(Cl)cc3)c3cc(=O)n(C4CCCCCC4)[nH]3)c2c1. The summed E-state index contributed by atoms with van der Waals surface area (Å²) in [6.45, 7) is 1.96. The number of rotatable bonds is 6. The highest BCUT2D eigenvalue weighted by atomic mass is 35.5. The molecular weight excluding hydrogens is 462 g/mol. The van der Waals surface area contributed by atoms with E-state index in [0.717, 1.165) is 47.8 Å². The minimum absolute atomic E-state index is 0.0871. The van der Waals surface area contributed by atoms with Crippen LogP contribution in [0.3, 0.4) is 0 Å². The first-order chi connectivity index (χ1) is 17.0. The molecule has 0 saturated heterocycles. The van der Waals surface area contributed by atoms with E-state index in [9.17, 15) is 9.59 Å². The van der Waals surface area contributed by atoms with Crippen molar-refractivity contribution >= 4 is 28.3 Å². The molecule has 2 aromatic heterocycles. The van der Waals surface area contributed by atoms with Crippen molar-refractivity contribution < 1.29 is 9.53 Å². The maximum absolute atomic E-state index is 14.0. The Morgan fingerprint density at radius 2 is 1.77 bits per heavy atom. The molecule has 1 atom stereocenters. The van der Waals surface area contributed by atoms with Crippen molar-refractivity contribution in [3.8, 4) is 5.75 Å². The molecule has 2 aromatic carbocycles. The Kier molecular flexibility index (Phi) is 6.56. The zero-order chi connectivity index (χ0) is 24.5. The van der Waals surface area contributed by atoms with Crippen molar-refractivity contribution in [2.75, 3.05) is 7.11 Å². The summed E-state index contributed by atoms with van der Waals surface area (Å²) in [6, 6.07) is 14.4. The number of methoxy groups -OCH3 is 1. The van der Waals surface area contributed by atoms with E-state index in [4.69, 9.17) is 16.3 Å². The van der Waals surface area contributed by atoms with Crippen LogP contribution in [0.4, 0.5) is 0 Å². The Labute approximate surface area is 209 Å². The van der Waals surface area contributed by atoms with Crippen molar-refractivity contribution in [1.29, 1.82) is 0 Å². The lowest BCUT2D eigenvalue weighted by molar-refractivity contribution is 0.0972. The van der Waals surface area contributed by atoms with E-state index in [-0.39, 0.29) is 17.4 Å². The number of H-pyrrole nitrogens is 2. The predicted molar refractivity (Wildman–Crippen MR) is 139 cm³/mol. The molecule has 0 amide bonds. The van der Waals surface area contributed by atoms with Crippen LogP contribution in [0.15, 0.2) is 53.3 Å². The molecule has 1 unspecified atom stereocenters. The van der Waals surface area contributed by atoms with E-state index in [1.807, 2.05) is 25.1 Å². The van der Waals surface area contributed by atoms with Gasteiger partial charge in [0.1, 0.15) is 5.75 Å². The van der Waals surface area contributed by atoms with Crippen LogP contribution in [-0.2, 0) is 0 Å². The van der Waals surface area contributed by atoms with E-state index >= 15 is 0 Å². The van der Waals surface area contributed by atoms with Gasteiger partial charge in [-0.25, -0.2) is 4.68 Å². The van der Waals surface area contributed by atoms with E-state index in [2.05, 4.69) is 10.1 Å². The summed E-state index contributed by atoms with van der Waals surface area (Å²) in [6.07, 6.45) is 6.57. The molecule has 2 heterocycles. The van der Waals surface area contributed by atoms with Crippen LogP contribution in [-0.4, -0.2) is 27.7 Å².